The van der Waals surface area contributed by atoms with Gasteiger partial charge < -0.3 is 66.4 Å². The molecule has 0 N–H and O–H groups in total. The molecule has 1 aromatic rings. The Kier molecular flexibility index (Phi) is 14.6. The van der Waals surface area contributed by atoms with E-state index in [0.717, 1.165) is 33.2 Å². The molecule has 0 saturated carbocycles. The van der Waals surface area contributed by atoms with Crippen molar-refractivity contribution >= 4 is 11.9 Å². The predicted octanol–water partition coefficient (Wildman–Crippen LogP) is -4.72. The Morgan fingerprint density at radius 1 is 0.679 bits per heavy atom. The first-order valence-corrected chi connectivity index (χ1v) is 8.95. The summed E-state index contributed by atoms with van der Waals surface area (Å²) < 4.78 is 12.0. The Bertz CT molecular complexity index is 541. The van der Waals surface area contributed by atoms with Gasteiger partial charge in [0, 0.05) is 0 Å². The van der Waals surface area contributed by atoms with Gasteiger partial charge in [0.2, 0.25) is 0 Å². The molecular weight excluding hydrogens is 586 g/mol. The summed E-state index contributed by atoms with van der Waals surface area (Å²) in [5.74, 6) is -0.461. The zero-order chi connectivity index (χ0) is 19.8. The van der Waals surface area contributed by atoms with E-state index in [2.05, 4.69) is 42.3 Å². The molecular formula is C20H34I2N2O4. The lowest BCUT2D eigenvalue weighted by Crippen LogP contribution is -3.00. The topological polar surface area (TPSA) is 52.6 Å². The number of carbonyl (C=O) groups is 2. The molecule has 0 bridgehead atoms. The number of hydrogen-bond donors (Lipinski definition) is 0. The van der Waals surface area contributed by atoms with Gasteiger partial charge in [0.1, 0.15) is 26.3 Å². The number of hydrogen-bond acceptors (Lipinski definition) is 4. The van der Waals surface area contributed by atoms with Gasteiger partial charge in [-0.2, -0.15) is 0 Å². The van der Waals surface area contributed by atoms with Crippen LogP contribution in [0.5, 0.6) is 0 Å². The molecule has 1 rings (SSSR count). The van der Waals surface area contributed by atoms with Crippen LogP contribution in [-0.4, -0.2) is 89.5 Å². The van der Waals surface area contributed by atoms with Gasteiger partial charge in [-0.1, -0.05) is 24.3 Å². The molecule has 0 fully saturated rings. The number of rotatable bonds is 10. The highest BCUT2D eigenvalue weighted by Gasteiger charge is 2.12. The van der Waals surface area contributed by atoms with Crippen molar-refractivity contribution in [2.45, 2.75) is 12.8 Å². The van der Waals surface area contributed by atoms with E-state index in [-0.39, 0.29) is 72.7 Å². The van der Waals surface area contributed by atoms with E-state index in [4.69, 9.17) is 9.47 Å². The summed E-state index contributed by atoms with van der Waals surface area (Å²) in [7, 11) is 12.3. The maximum Gasteiger partial charge on any atom is 0.310 e. The average molecular weight is 620 g/mol. The molecule has 0 saturated heterocycles. The Labute approximate surface area is 203 Å². The standard InChI is InChI=1S/C20H34N2O4.2HI/c1-21(2,3)11-13-25-19(23)15-17-7-9-18(10-8-17)16-20(24)26-14-12-22(4,5)6;;/h7-10H,11-16H2,1-6H3;2*1H/q+2;;/p-2. The average Bonchev–Trinajstić information content (AvgIpc) is 2.46. The second kappa shape index (κ2) is 13.7. The van der Waals surface area contributed by atoms with Gasteiger partial charge >= 0.3 is 11.9 Å². The first kappa shape index (κ1) is 29.7. The Balaban J connectivity index is 0. The van der Waals surface area contributed by atoms with Crippen molar-refractivity contribution in [3.05, 3.63) is 35.4 Å². The minimum absolute atomic E-state index is 0. The molecule has 28 heavy (non-hydrogen) atoms. The van der Waals surface area contributed by atoms with E-state index in [1.807, 2.05) is 24.3 Å². The summed E-state index contributed by atoms with van der Waals surface area (Å²) in [6.07, 6.45) is 0.483. The summed E-state index contributed by atoms with van der Waals surface area (Å²) in [5.41, 5.74) is 1.75. The van der Waals surface area contributed by atoms with E-state index < -0.39 is 0 Å². The van der Waals surface area contributed by atoms with Gasteiger partial charge in [-0.3, -0.25) is 9.59 Å². The number of carbonyl (C=O) groups excluding carboxylic acids is 2. The van der Waals surface area contributed by atoms with Crippen LogP contribution >= 0.6 is 0 Å². The van der Waals surface area contributed by atoms with Crippen molar-refractivity contribution in [2.75, 3.05) is 68.6 Å². The molecule has 162 valence electrons. The van der Waals surface area contributed by atoms with Crippen molar-refractivity contribution in [1.29, 1.82) is 0 Å². The van der Waals surface area contributed by atoms with Crippen LogP contribution in [0.15, 0.2) is 24.3 Å². The summed E-state index contributed by atoms with van der Waals surface area (Å²) in [6.45, 7) is 2.39. The second-order valence-electron chi connectivity index (χ2n) is 8.64. The lowest BCUT2D eigenvalue weighted by molar-refractivity contribution is -0.870. The second-order valence-corrected chi connectivity index (χ2v) is 8.64. The number of ether oxygens (including phenoxy) is 2. The normalized spacial score (nSPS) is 11.1. The highest BCUT2D eigenvalue weighted by Crippen LogP contribution is 2.08. The van der Waals surface area contributed by atoms with Crippen LogP contribution in [0.3, 0.4) is 0 Å². The van der Waals surface area contributed by atoms with E-state index in [0.29, 0.717) is 13.2 Å². The number of esters is 2. The van der Waals surface area contributed by atoms with Gasteiger partial charge in [0.05, 0.1) is 55.1 Å². The number of halogens is 2. The fourth-order valence-electron chi connectivity index (χ4n) is 2.08. The van der Waals surface area contributed by atoms with E-state index >= 15 is 0 Å². The number of quaternary nitrogens is 2. The highest BCUT2D eigenvalue weighted by molar-refractivity contribution is 5.73. The van der Waals surface area contributed by atoms with E-state index in [9.17, 15) is 9.59 Å². The highest BCUT2D eigenvalue weighted by atomic mass is 127. The molecule has 0 aliphatic heterocycles. The summed E-state index contributed by atoms with van der Waals surface area (Å²) in [5, 5.41) is 0. The quantitative estimate of drug-likeness (QED) is 0.150. The SMILES string of the molecule is C[N+](C)(C)CCOC(=O)Cc1ccc(CC(=O)OCC[N+](C)(C)C)cc1.[I-].[I-]. The first-order chi connectivity index (χ1) is 11.9. The smallest absolute Gasteiger partial charge is 0.310 e. The molecule has 0 spiro atoms. The fourth-order valence-corrected chi connectivity index (χ4v) is 2.08. The van der Waals surface area contributed by atoms with Crippen LogP contribution in [0.4, 0.5) is 0 Å². The zero-order valence-corrected chi connectivity index (χ0v) is 22.2. The first-order valence-electron chi connectivity index (χ1n) is 8.95. The molecule has 0 aromatic heterocycles. The van der Waals surface area contributed by atoms with Crippen LogP contribution in [0, 0.1) is 0 Å². The van der Waals surface area contributed by atoms with Crippen LogP contribution < -0.4 is 48.0 Å². The van der Waals surface area contributed by atoms with Crippen LogP contribution in [0.1, 0.15) is 11.1 Å². The lowest BCUT2D eigenvalue weighted by Gasteiger charge is -2.23. The molecule has 0 aliphatic carbocycles. The molecule has 0 amide bonds. The van der Waals surface area contributed by atoms with Crippen molar-refractivity contribution in [3.63, 3.8) is 0 Å². The van der Waals surface area contributed by atoms with E-state index in [1.165, 1.54) is 0 Å². The van der Waals surface area contributed by atoms with Gasteiger partial charge in [-0.05, 0) is 11.1 Å². The van der Waals surface area contributed by atoms with Crippen molar-refractivity contribution in [2.24, 2.45) is 0 Å². The van der Waals surface area contributed by atoms with Crippen LogP contribution in [0.2, 0.25) is 0 Å². The van der Waals surface area contributed by atoms with Crippen molar-refractivity contribution in [3.8, 4) is 0 Å². The lowest BCUT2D eigenvalue weighted by atomic mass is 10.1. The maximum atomic E-state index is 11.9. The number of likely N-dealkylation sites (N-methyl/N-ethyl adjacent to an activating group) is 2. The zero-order valence-electron chi connectivity index (χ0n) is 17.8. The molecule has 0 heterocycles. The molecule has 0 radical (unpaired) electrons. The van der Waals surface area contributed by atoms with Gasteiger partial charge in [-0.25, -0.2) is 0 Å². The van der Waals surface area contributed by atoms with E-state index in [1.54, 1.807) is 0 Å². The summed E-state index contributed by atoms with van der Waals surface area (Å²) in [6, 6.07) is 7.43. The number of nitrogens with zero attached hydrogens (tertiary/aromatic N) is 2. The monoisotopic (exact) mass is 620 g/mol. The predicted molar refractivity (Wildman–Crippen MR) is 102 cm³/mol. The largest absolute Gasteiger partial charge is 1.00 e. The maximum absolute atomic E-state index is 11.9. The third-order valence-corrected chi connectivity index (χ3v) is 3.77. The molecule has 0 atom stereocenters. The Morgan fingerprint density at radius 3 is 1.21 bits per heavy atom. The summed E-state index contributed by atoms with van der Waals surface area (Å²) >= 11 is 0. The third kappa shape index (κ3) is 15.5. The molecule has 1 aromatic carbocycles. The van der Waals surface area contributed by atoms with Gasteiger partial charge in [-0.15, -0.1) is 0 Å². The minimum Gasteiger partial charge on any atom is -1.00 e. The van der Waals surface area contributed by atoms with Gasteiger partial charge in [0.25, 0.3) is 0 Å². The third-order valence-electron chi connectivity index (χ3n) is 3.77. The summed E-state index contributed by atoms with van der Waals surface area (Å²) in [4.78, 5) is 23.7. The van der Waals surface area contributed by atoms with Gasteiger partial charge in [0.15, 0.2) is 0 Å². The minimum atomic E-state index is -0.231. The van der Waals surface area contributed by atoms with Crippen LogP contribution in [0.25, 0.3) is 0 Å². The Hall–Kier alpha value is -0.460. The van der Waals surface area contributed by atoms with Crippen molar-refractivity contribution in [1.82, 2.24) is 0 Å². The molecule has 0 unspecified atom stereocenters. The fraction of sp³-hybridized carbons (Fsp3) is 0.600. The van der Waals surface area contributed by atoms with Crippen LogP contribution in [-0.2, 0) is 31.9 Å². The van der Waals surface area contributed by atoms with Crippen molar-refractivity contribution < 1.29 is 76.0 Å². The molecule has 8 heteroatoms. The Morgan fingerprint density at radius 2 is 0.964 bits per heavy atom. The number of benzene rings is 1. The molecule has 0 aliphatic rings. The molecule has 6 nitrogen and oxygen atoms in total.